The third-order valence-corrected chi connectivity index (χ3v) is 7.40. The first-order valence-electron chi connectivity index (χ1n) is 8.81. The van der Waals surface area contributed by atoms with E-state index in [0.29, 0.717) is 28.7 Å². The molecule has 1 aliphatic rings. The smallest absolute Gasteiger partial charge is 0.253 e. The summed E-state index contributed by atoms with van der Waals surface area (Å²) in [7, 11) is -3.65. The number of nitrogens with zero attached hydrogens (tertiary/aromatic N) is 1. The van der Waals surface area contributed by atoms with Crippen molar-refractivity contribution in [1.82, 2.24) is 9.62 Å². The Morgan fingerprint density at radius 2 is 1.68 bits per heavy atom. The van der Waals surface area contributed by atoms with Crippen molar-refractivity contribution in [1.29, 1.82) is 0 Å². The Morgan fingerprint density at radius 3 is 2.36 bits per heavy atom. The number of nitrogens with one attached hydrogen (secondary N) is 1. The molecule has 0 aliphatic carbocycles. The average molecular weight is 462 g/mol. The lowest BCUT2D eigenvalue weighted by Gasteiger charge is -2.26. The molecule has 9 heteroatoms. The van der Waals surface area contributed by atoms with Gasteiger partial charge in [0.25, 0.3) is 5.91 Å². The molecule has 2 aromatic rings. The summed E-state index contributed by atoms with van der Waals surface area (Å²) < 4.78 is 27.2. The fourth-order valence-corrected chi connectivity index (χ4v) is 5.25. The highest BCUT2D eigenvalue weighted by molar-refractivity contribution is 7.89. The number of carbonyl (C=O) groups excluding carboxylic acids is 1. The Balaban J connectivity index is 1.79. The summed E-state index contributed by atoms with van der Waals surface area (Å²) in [5.41, 5.74) is 0.789. The SMILES string of the molecule is O=C(NCc1ccc(Cl)cc1Cl)c1cc(S(=O)(=O)N2CCCCC2)ccc1Cl. The van der Waals surface area contributed by atoms with Crippen LogP contribution in [-0.4, -0.2) is 31.7 Å². The summed E-state index contributed by atoms with van der Waals surface area (Å²) in [4.78, 5) is 12.7. The number of hydrogen-bond acceptors (Lipinski definition) is 3. The number of carbonyl (C=O) groups is 1. The number of benzene rings is 2. The molecule has 1 N–H and O–H groups in total. The predicted molar refractivity (Wildman–Crippen MR) is 112 cm³/mol. The van der Waals surface area contributed by atoms with Crippen LogP contribution in [0.2, 0.25) is 15.1 Å². The topological polar surface area (TPSA) is 66.5 Å². The van der Waals surface area contributed by atoms with Gasteiger partial charge in [0.2, 0.25) is 10.0 Å². The van der Waals surface area contributed by atoms with Gasteiger partial charge in [-0.15, -0.1) is 0 Å². The van der Waals surface area contributed by atoms with Crippen LogP contribution in [0.4, 0.5) is 0 Å². The molecule has 28 heavy (non-hydrogen) atoms. The molecule has 2 aromatic carbocycles. The minimum absolute atomic E-state index is 0.0634. The van der Waals surface area contributed by atoms with E-state index in [1.54, 1.807) is 18.2 Å². The van der Waals surface area contributed by atoms with Crippen molar-refractivity contribution in [2.75, 3.05) is 13.1 Å². The van der Waals surface area contributed by atoms with Crippen LogP contribution >= 0.6 is 34.8 Å². The molecule has 1 saturated heterocycles. The monoisotopic (exact) mass is 460 g/mol. The molecule has 0 radical (unpaired) electrons. The van der Waals surface area contributed by atoms with Crippen LogP contribution in [0.3, 0.4) is 0 Å². The van der Waals surface area contributed by atoms with Crippen LogP contribution < -0.4 is 5.32 Å². The third kappa shape index (κ3) is 4.81. The van der Waals surface area contributed by atoms with Gasteiger partial charge in [-0.1, -0.05) is 47.3 Å². The summed E-state index contributed by atoms with van der Waals surface area (Å²) in [6, 6.07) is 9.16. The zero-order valence-electron chi connectivity index (χ0n) is 14.9. The second-order valence-corrected chi connectivity index (χ2v) is 9.71. The number of amides is 1. The normalized spacial score (nSPS) is 15.4. The van der Waals surface area contributed by atoms with Crippen LogP contribution in [0.15, 0.2) is 41.3 Å². The van der Waals surface area contributed by atoms with Gasteiger partial charge in [-0.25, -0.2) is 8.42 Å². The zero-order valence-corrected chi connectivity index (χ0v) is 18.0. The van der Waals surface area contributed by atoms with Crippen LogP contribution in [0.1, 0.15) is 35.2 Å². The van der Waals surface area contributed by atoms with Gasteiger partial charge in [0.15, 0.2) is 0 Å². The van der Waals surface area contributed by atoms with Crippen molar-refractivity contribution >= 4 is 50.7 Å². The molecule has 150 valence electrons. The molecular formula is C19H19Cl3N2O3S. The molecule has 0 spiro atoms. The van der Waals surface area contributed by atoms with Crippen molar-refractivity contribution in [2.24, 2.45) is 0 Å². The van der Waals surface area contributed by atoms with E-state index in [2.05, 4.69) is 5.32 Å². The fraction of sp³-hybridized carbons (Fsp3) is 0.316. The third-order valence-electron chi connectivity index (χ3n) is 4.59. The molecular weight excluding hydrogens is 443 g/mol. The van der Waals surface area contributed by atoms with Crippen molar-refractivity contribution in [3.05, 3.63) is 62.6 Å². The summed E-state index contributed by atoms with van der Waals surface area (Å²) in [5, 5.41) is 3.82. The van der Waals surface area contributed by atoms with Crippen LogP contribution in [0, 0.1) is 0 Å². The summed E-state index contributed by atoms with van der Waals surface area (Å²) in [6.07, 6.45) is 2.69. The highest BCUT2D eigenvalue weighted by atomic mass is 35.5. The van der Waals surface area contributed by atoms with Gasteiger partial charge in [0.05, 0.1) is 15.5 Å². The van der Waals surface area contributed by atoms with Gasteiger partial charge in [0.1, 0.15) is 0 Å². The Bertz CT molecular complexity index is 990. The highest BCUT2D eigenvalue weighted by Gasteiger charge is 2.27. The molecule has 1 heterocycles. The number of halogens is 3. The second kappa shape index (κ2) is 9.01. The molecule has 3 rings (SSSR count). The maximum absolute atomic E-state index is 12.9. The van der Waals surface area contributed by atoms with Gasteiger partial charge in [-0.2, -0.15) is 4.31 Å². The number of hydrogen-bond donors (Lipinski definition) is 1. The van der Waals surface area contributed by atoms with Gasteiger partial charge in [-0.3, -0.25) is 4.79 Å². The Morgan fingerprint density at radius 1 is 0.964 bits per heavy atom. The van der Waals surface area contributed by atoms with Crippen molar-refractivity contribution < 1.29 is 13.2 Å². The van der Waals surface area contributed by atoms with E-state index in [1.807, 2.05) is 0 Å². The quantitative estimate of drug-likeness (QED) is 0.698. The largest absolute Gasteiger partial charge is 0.348 e. The maximum Gasteiger partial charge on any atom is 0.253 e. The molecule has 5 nitrogen and oxygen atoms in total. The Labute approximate surface area is 179 Å². The van der Waals surface area contributed by atoms with E-state index < -0.39 is 15.9 Å². The summed E-state index contributed by atoms with van der Waals surface area (Å²) >= 11 is 18.1. The van der Waals surface area contributed by atoms with Crippen LogP contribution in [-0.2, 0) is 16.6 Å². The molecule has 1 amide bonds. The van der Waals surface area contributed by atoms with E-state index in [0.717, 1.165) is 19.3 Å². The lowest BCUT2D eigenvalue weighted by Crippen LogP contribution is -2.35. The number of piperidine rings is 1. The molecule has 0 atom stereocenters. The molecule has 0 aromatic heterocycles. The van der Waals surface area contributed by atoms with Crippen molar-refractivity contribution in [3.63, 3.8) is 0 Å². The van der Waals surface area contributed by atoms with E-state index >= 15 is 0 Å². The highest BCUT2D eigenvalue weighted by Crippen LogP contribution is 2.26. The van der Waals surface area contributed by atoms with E-state index in [-0.39, 0.29) is 22.0 Å². The second-order valence-electron chi connectivity index (χ2n) is 6.52. The minimum atomic E-state index is -3.65. The molecule has 0 bridgehead atoms. The minimum Gasteiger partial charge on any atom is -0.348 e. The van der Waals surface area contributed by atoms with Crippen LogP contribution in [0.25, 0.3) is 0 Å². The van der Waals surface area contributed by atoms with Gasteiger partial charge >= 0.3 is 0 Å². The summed E-state index contributed by atoms with van der Waals surface area (Å²) in [6.45, 7) is 1.14. The Kier molecular flexibility index (Phi) is 6.89. The zero-order chi connectivity index (χ0) is 20.3. The Hall–Kier alpha value is -1.31. The predicted octanol–water partition coefficient (Wildman–Crippen LogP) is 4.75. The van der Waals surface area contributed by atoms with E-state index in [9.17, 15) is 13.2 Å². The van der Waals surface area contributed by atoms with Gasteiger partial charge < -0.3 is 5.32 Å². The summed E-state index contributed by atoms with van der Waals surface area (Å²) in [5.74, 6) is -0.480. The lowest BCUT2D eigenvalue weighted by molar-refractivity contribution is 0.0951. The van der Waals surface area contributed by atoms with Crippen molar-refractivity contribution in [3.8, 4) is 0 Å². The molecule has 0 saturated carbocycles. The average Bonchev–Trinajstić information content (AvgIpc) is 2.68. The fourth-order valence-electron chi connectivity index (χ4n) is 3.03. The standard InChI is InChI=1S/C19H19Cl3N2O3S/c20-14-5-4-13(18(22)10-14)12-23-19(25)16-11-15(6-7-17(16)21)28(26,27)24-8-2-1-3-9-24/h4-7,10-11H,1-3,8-9,12H2,(H,23,25). The molecule has 1 aliphatic heterocycles. The van der Waals surface area contributed by atoms with E-state index in [4.69, 9.17) is 34.8 Å². The first-order chi connectivity index (χ1) is 13.3. The molecule has 0 unspecified atom stereocenters. The molecule has 1 fully saturated rings. The number of rotatable bonds is 5. The van der Waals surface area contributed by atoms with Crippen LogP contribution in [0.5, 0.6) is 0 Å². The van der Waals surface area contributed by atoms with E-state index in [1.165, 1.54) is 22.5 Å². The first kappa shape index (κ1) is 21.4. The maximum atomic E-state index is 12.9. The van der Waals surface area contributed by atoms with Crippen molar-refractivity contribution in [2.45, 2.75) is 30.7 Å². The first-order valence-corrected chi connectivity index (χ1v) is 11.4. The lowest BCUT2D eigenvalue weighted by atomic mass is 10.2. The van der Waals surface area contributed by atoms with Gasteiger partial charge in [-0.05, 0) is 48.7 Å². The van der Waals surface area contributed by atoms with Gasteiger partial charge in [0, 0.05) is 29.7 Å². The number of sulfonamides is 1.